The number of hydrogen-bond donors (Lipinski definition) is 0. The predicted octanol–water partition coefficient (Wildman–Crippen LogP) is 4.37. The maximum Gasteiger partial charge on any atom is 0.339 e. The first-order valence-electron chi connectivity index (χ1n) is 9.35. The minimum atomic E-state index is -4.11. The molecular formula is C22H22FNO5S. The van der Waals surface area contributed by atoms with Crippen molar-refractivity contribution in [1.82, 2.24) is 4.90 Å². The Morgan fingerprint density at radius 2 is 1.80 bits per heavy atom. The molecule has 2 aromatic carbocycles. The van der Waals surface area contributed by atoms with Crippen molar-refractivity contribution in [3.8, 4) is 5.75 Å². The number of hydrogen-bond acceptors (Lipinski definition) is 5. The summed E-state index contributed by atoms with van der Waals surface area (Å²) in [6.07, 6.45) is 1.54. The van der Waals surface area contributed by atoms with Gasteiger partial charge in [-0.25, -0.2) is 4.39 Å². The van der Waals surface area contributed by atoms with Crippen LogP contribution in [0.25, 0.3) is 0 Å². The Bertz CT molecular complexity index is 1090. The first kappa shape index (κ1) is 21.6. The minimum Gasteiger partial charge on any atom is -0.467 e. The quantitative estimate of drug-likeness (QED) is 0.495. The molecule has 3 aromatic rings. The average molecular weight is 431 g/mol. The van der Waals surface area contributed by atoms with Gasteiger partial charge in [-0.1, -0.05) is 26.0 Å². The largest absolute Gasteiger partial charge is 0.467 e. The van der Waals surface area contributed by atoms with E-state index in [2.05, 4.69) is 0 Å². The summed E-state index contributed by atoms with van der Waals surface area (Å²) in [4.78, 5) is 14.1. The van der Waals surface area contributed by atoms with Crippen molar-refractivity contribution in [1.29, 1.82) is 0 Å². The normalized spacial score (nSPS) is 11.5. The summed E-state index contributed by atoms with van der Waals surface area (Å²) in [7, 11) is -4.11. The van der Waals surface area contributed by atoms with Crippen LogP contribution in [-0.2, 0) is 28.0 Å². The Morgan fingerprint density at radius 1 is 1.07 bits per heavy atom. The molecule has 0 fully saturated rings. The Morgan fingerprint density at radius 3 is 2.43 bits per heavy atom. The van der Waals surface area contributed by atoms with E-state index in [-0.39, 0.29) is 29.0 Å². The standard InChI is InChI=1S/C22H22FNO5S/c1-16(2)22(25)24(15-20-7-4-12-28-20)14-17-5-3-6-19(13-17)29-30(26,27)21-10-8-18(23)9-11-21/h3-13,16H,14-15H2,1-2H3. The lowest BCUT2D eigenvalue weighted by Gasteiger charge is -2.24. The van der Waals surface area contributed by atoms with Crippen LogP contribution in [0.4, 0.5) is 4.39 Å². The lowest BCUT2D eigenvalue weighted by molar-refractivity contribution is -0.136. The van der Waals surface area contributed by atoms with Crippen LogP contribution >= 0.6 is 0 Å². The maximum absolute atomic E-state index is 13.1. The first-order chi connectivity index (χ1) is 14.2. The summed E-state index contributed by atoms with van der Waals surface area (Å²) in [5.41, 5.74) is 0.697. The summed E-state index contributed by atoms with van der Waals surface area (Å²) in [6.45, 7) is 4.17. The molecule has 0 radical (unpaired) electrons. The van der Waals surface area contributed by atoms with Crippen molar-refractivity contribution >= 4 is 16.0 Å². The third-order valence-electron chi connectivity index (χ3n) is 4.31. The summed E-state index contributed by atoms with van der Waals surface area (Å²) < 4.78 is 48.5. The van der Waals surface area contributed by atoms with Gasteiger partial charge in [0.15, 0.2) is 0 Å². The van der Waals surface area contributed by atoms with Gasteiger partial charge in [-0.15, -0.1) is 0 Å². The Labute approximate surface area is 175 Å². The molecular weight excluding hydrogens is 409 g/mol. The molecule has 0 spiro atoms. The highest BCUT2D eigenvalue weighted by Gasteiger charge is 2.20. The van der Waals surface area contributed by atoms with E-state index in [1.165, 1.54) is 6.07 Å². The van der Waals surface area contributed by atoms with Gasteiger partial charge in [0.2, 0.25) is 5.91 Å². The lowest BCUT2D eigenvalue weighted by Crippen LogP contribution is -2.33. The topological polar surface area (TPSA) is 76.8 Å². The van der Waals surface area contributed by atoms with Crippen molar-refractivity contribution < 1.29 is 26.2 Å². The number of nitrogens with zero attached hydrogens (tertiary/aromatic N) is 1. The molecule has 0 atom stereocenters. The molecule has 6 nitrogen and oxygen atoms in total. The first-order valence-corrected chi connectivity index (χ1v) is 10.8. The van der Waals surface area contributed by atoms with Crippen LogP contribution in [0, 0.1) is 11.7 Å². The van der Waals surface area contributed by atoms with Crippen LogP contribution in [0.5, 0.6) is 5.75 Å². The number of furan rings is 1. The smallest absolute Gasteiger partial charge is 0.339 e. The van der Waals surface area contributed by atoms with Gasteiger partial charge in [0, 0.05) is 12.5 Å². The Hall–Kier alpha value is -3.13. The van der Waals surface area contributed by atoms with Crippen LogP contribution in [0.1, 0.15) is 25.2 Å². The molecule has 1 aromatic heterocycles. The molecule has 0 unspecified atom stereocenters. The minimum absolute atomic E-state index is 0.0587. The van der Waals surface area contributed by atoms with E-state index < -0.39 is 15.9 Å². The van der Waals surface area contributed by atoms with Crippen LogP contribution in [0.15, 0.2) is 76.2 Å². The molecule has 0 aliphatic carbocycles. The van der Waals surface area contributed by atoms with Gasteiger partial charge in [0.05, 0.1) is 12.8 Å². The SMILES string of the molecule is CC(C)C(=O)N(Cc1cccc(OS(=O)(=O)c2ccc(F)cc2)c1)Cc1ccco1. The molecule has 0 N–H and O–H groups in total. The van der Waals surface area contributed by atoms with Gasteiger partial charge >= 0.3 is 10.1 Å². The second-order valence-corrected chi connectivity index (χ2v) is 8.61. The molecule has 1 amide bonds. The van der Waals surface area contributed by atoms with Crippen molar-refractivity contribution in [2.75, 3.05) is 0 Å². The Balaban J connectivity index is 1.79. The summed E-state index contributed by atoms with van der Waals surface area (Å²) in [5.74, 6) is -0.0561. The molecule has 1 heterocycles. The van der Waals surface area contributed by atoms with E-state index in [1.807, 2.05) is 13.8 Å². The van der Waals surface area contributed by atoms with E-state index >= 15 is 0 Å². The molecule has 0 saturated carbocycles. The Kier molecular flexibility index (Phi) is 6.56. The highest BCUT2D eigenvalue weighted by atomic mass is 32.2. The molecule has 0 saturated heterocycles. The third kappa shape index (κ3) is 5.48. The van der Waals surface area contributed by atoms with Crippen LogP contribution in [-0.4, -0.2) is 19.2 Å². The highest BCUT2D eigenvalue weighted by Crippen LogP contribution is 2.22. The fourth-order valence-electron chi connectivity index (χ4n) is 2.86. The number of benzene rings is 2. The number of rotatable bonds is 8. The molecule has 8 heteroatoms. The zero-order valence-corrected chi connectivity index (χ0v) is 17.4. The van der Waals surface area contributed by atoms with Gasteiger partial charge in [-0.2, -0.15) is 8.42 Å². The van der Waals surface area contributed by atoms with Gasteiger partial charge in [0.25, 0.3) is 0 Å². The second-order valence-electron chi connectivity index (χ2n) is 7.07. The van der Waals surface area contributed by atoms with E-state index in [0.29, 0.717) is 17.9 Å². The van der Waals surface area contributed by atoms with Gasteiger partial charge < -0.3 is 13.5 Å². The fraction of sp³-hybridized carbons (Fsp3) is 0.227. The zero-order chi connectivity index (χ0) is 21.7. The van der Waals surface area contributed by atoms with Crippen LogP contribution in [0.3, 0.4) is 0 Å². The zero-order valence-electron chi connectivity index (χ0n) is 16.6. The third-order valence-corrected chi connectivity index (χ3v) is 5.57. The lowest BCUT2D eigenvalue weighted by atomic mass is 10.1. The fourth-order valence-corrected chi connectivity index (χ4v) is 3.78. The van der Waals surface area contributed by atoms with Crippen molar-refractivity contribution in [3.05, 3.63) is 84.1 Å². The van der Waals surface area contributed by atoms with E-state index in [1.54, 1.807) is 41.5 Å². The molecule has 0 aliphatic heterocycles. The van der Waals surface area contributed by atoms with Crippen molar-refractivity contribution in [2.24, 2.45) is 5.92 Å². The maximum atomic E-state index is 13.1. The number of halogens is 1. The summed E-state index contributed by atoms with van der Waals surface area (Å²) in [6, 6.07) is 14.4. The van der Waals surface area contributed by atoms with Crippen LogP contribution in [0.2, 0.25) is 0 Å². The molecule has 158 valence electrons. The van der Waals surface area contributed by atoms with E-state index in [0.717, 1.165) is 24.3 Å². The second kappa shape index (κ2) is 9.13. The molecule has 30 heavy (non-hydrogen) atoms. The highest BCUT2D eigenvalue weighted by molar-refractivity contribution is 7.87. The van der Waals surface area contributed by atoms with Crippen molar-refractivity contribution in [2.45, 2.75) is 31.8 Å². The monoisotopic (exact) mass is 431 g/mol. The molecule has 0 aliphatic rings. The van der Waals surface area contributed by atoms with Gasteiger partial charge in [0.1, 0.15) is 22.2 Å². The van der Waals surface area contributed by atoms with E-state index in [9.17, 15) is 17.6 Å². The number of carbonyl (C=O) groups is 1. The average Bonchev–Trinajstić information content (AvgIpc) is 3.20. The van der Waals surface area contributed by atoms with E-state index in [4.69, 9.17) is 8.60 Å². The van der Waals surface area contributed by atoms with Gasteiger partial charge in [-0.3, -0.25) is 4.79 Å². The molecule has 0 bridgehead atoms. The van der Waals surface area contributed by atoms with Crippen LogP contribution < -0.4 is 4.18 Å². The summed E-state index contributed by atoms with van der Waals surface area (Å²) >= 11 is 0. The number of amides is 1. The molecule has 3 rings (SSSR count). The van der Waals surface area contributed by atoms with Gasteiger partial charge in [-0.05, 0) is 54.1 Å². The predicted molar refractivity (Wildman–Crippen MR) is 108 cm³/mol. The number of carbonyl (C=O) groups excluding carboxylic acids is 1. The van der Waals surface area contributed by atoms with Crippen molar-refractivity contribution in [3.63, 3.8) is 0 Å². The summed E-state index contributed by atoms with van der Waals surface area (Å²) in [5, 5.41) is 0.